The number of imidazole rings is 1. The Kier molecular flexibility index (Phi) is 4.95. The van der Waals surface area contributed by atoms with Crippen LogP contribution < -0.4 is 15.5 Å². The van der Waals surface area contributed by atoms with E-state index in [2.05, 4.69) is 27.5 Å². The summed E-state index contributed by atoms with van der Waals surface area (Å²) in [6.07, 6.45) is 1.83. The lowest BCUT2D eigenvalue weighted by molar-refractivity contribution is -0.153. The van der Waals surface area contributed by atoms with Gasteiger partial charge >= 0.3 is 6.03 Å². The Balaban J connectivity index is 1.69. The molecule has 3 aliphatic rings. The number of carbonyl (C=O) groups is 3. The smallest absolute Gasteiger partial charge is 0.328 e. The van der Waals surface area contributed by atoms with E-state index < -0.39 is 47.0 Å². The lowest BCUT2D eigenvalue weighted by Crippen LogP contribution is -2.75. The first kappa shape index (κ1) is 22.0. The Labute approximate surface area is 193 Å². The fourth-order valence-corrected chi connectivity index (χ4v) is 5.24. The van der Waals surface area contributed by atoms with Gasteiger partial charge in [-0.2, -0.15) is 0 Å². The zero-order chi connectivity index (χ0) is 24.4. The van der Waals surface area contributed by atoms with Crippen molar-refractivity contribution in [3.8, 4) is 11.8 Å². The molecular weight excluding hydrogens is 448 g/mol. The highest BCUT2D eigenvalue weighted by Gasteiger charge is 2.63. The predicted molar refractivity (Wildman–Crippen MR) is 115 cm³/mol. The average Bonchev–Trinajstić information content (AvgIpc) is 3.17. The van der Waals surface area contributed by atoms with E-state index in [0.717, 1.165) is 0 Å². The molecule has 2 saturated heterocycles. The summed E-state index contributed by atoms with van der Waals surface area (Å²) >= 11 is 0. The predicted octanol–water partition coefficient (Wildman–Crippen LogP) is 0.989. The molecule has 9 nitrogen and oxygen atoms in total. The van der Waals surface area contributed by atoms with Crippen molar-refractivity contribution < 1.29 is 27.9 Å². The highest BCUT2D eigenvalue weighted by atomic mass is 19.2. The lowest BCUT2D eigenvalue weighted by Gasteiger charge is -2.55. The number of halogens is 2. The molecule has 34 heavy (non-hydrogen) atoms. The number of amides is 4. The summed E-state index contributed by atoms with van der Waals surface area (Å²) in [5.74, 6) is 1.44. The molecule has 0 radical (unpaired) electrons. The molecule has 2 fully saturated rings. The van der Waals surface area contributed by atoms with Crippen molar-refractivity contribution in [2.24, 2.45) is 12.5 Å². The maximum Gasteiger partial charge on any atom is 0.328 e. The van der Waals surface area contributed by atoms with Gasteiger partial charge in [0.05, 0.1) is 35.8 Å². The summed E-state index contributed by atoms with van der Waals surface area (Å²) < 4.78 is 38.2. The van der Waals surface area contributed by atoms with Gasteiger partial charge in [0.25, 0.3) is 0 Å². The number of ether oxygens (including phenoxy) is 1. The Hall–Kier alpha value is -3.78. The molecular formula is C23H21F2N5O4. The van der Waals surface area contributed by atoms with Crippen LogP contribution in [0.4, 0.5) is 19.3 Å². The zero-order valence-electron chi connectivity index (χ0n) is 18.6. The van der Waals surface area contributed by atoms with E-state index in [-0.39, 0.29) is 35.9 Å². The first-order chi connectivity index (χ1) is 16.1. The van der Waals surface area contributed by atoms with Crippen LogP contribution in [0.25, 0.3) is 0 Å². The minimum atomic E-state index is -1.78. The number of morpholine rings is 1. The minimum Gasteiger partial charge on any atom is -0.372 e. The molecule has 176 valence electrons. The van der Waals surface area contributed by atoms with E-state index in [1.807, 2.05) is 0 Å². The number of rotatable bonds is 0. The third-order valence-electron chi connectivity index (χ3n) is 6.50. The average molecular weight is 469 g/mol. The molecule has 3 aliphatic heterocycles. The van der Waals surface area contributed by atoms with E-state index in [4.69, 9.17) is 4.74 Å². The van der Waals surface area contributed by atoms with E-state index in [1.165, 1.54) is 17.3 Å². The molecule has 1 aromatic heterocycles. The summed E-state index contributed by atoms with van der Waals surface area (Å²) in [7, 11) is 1.75. The number of aromatic nitrogens is 2. The highest BCUT2D eigenvalue weighted by molar-refractivity contribution is 6.20. The molecule has 4 heterocycles. The van der Waals surface area contributed by atoms with Crippen LogP contribution >= 0.6 is 0 Å². The molecule has 0 unspecified atom stereocenters. The molecule has 2 N–H and O–H groups in total. The number of nitrogens with zero attached hydrogens (tertiary/aromatic N) is 3. The number of carbonyl (C=O) groups excluding carboxylic acids is 3. The maximum atomic E-state index is 15.5. The van der Waals surface area contributed by atoms with Crippen molar-refractivity contribution in [3.05, 3.63) is 47.0 Å². The summed E-state index contributed by atoms with van der Waals surface area (Å²) in [5.41, 5.74) is -1.43. The van der Waals surface area contributed by atoms with Crippen LogP contribution in [0.2, 0.25) is 0 Å². The largest absolute Gasteiger partial charge is 0.372 e. The van der Waals surface area contributed by atoms with Gasteiger partial charge in [-0.15, -0.1) is 0 Å². The Morgan fingerprint density at radius 1 is 1.15 bits per heavy atom. The lowest BCUT2D eigenvalue weighted by atomic mass is 9.66. The van der Waals surface area contributed by atoms with Crippen molar-refractivity contribution >= 4 is 23.5 Å². The Morgan fingerprint density at radius 3 is 2.50 bits per heavy atom. The van der Waals surface area contributed by atoms with Crippen LogP contribution in [-0.4, -0.2) is 52.2 Å². The number of hydrogen-bond acceptors (Lipinski definition) is 6. The molecule has 0 bridgehead atoms. The third-order valence-corrected chi connectivity index (χ3v) is 6.50. The van der Waals surface area contributed by atoms with Gasteiger partial charge in [-0.3, -0.25) is 20.2 Å². The van der Waals surface area contributed by atoms with Gasteiger partial charge in [-0.25, -0.2) is 18.6 Å². The first-order valence-electron chi connectivity index (χ1n) is 10.7. The minimum absolute atomic E-state index is 0.0315. The maximum absolute atomic E-state index is 15.5. The topological polar surface area (TPSA) is 106 Å². The van der Waals surface area contributed by atoms with Crippen LogP contribution in [0.3, 0.4) is 0 Å². The van der Waals surface area contributed by atoms with Gasteiger partial charge in [-0.1, -0.05) is 5.92 Å². The fraction of sp³-hybridized carbons (Fsp3) is 0.391. The molecule has 4 amide bonds. The summed E-state index contributed by atoms with van der Waals surface area (Å²) in [5, 5.41) is 4.31. The zero-order valence-corrected chi connectivity index (χ0v) is 18.6. The van der Waals surface area contributed by atoms with Crippen molar-refractivity contribution in [3.63, 3.8) is 0 Å². The van der Waals surface area contributed by atoms with E-state index in [1.54, 1.807) is 31.7 Å². The number of aryl methyl sites for hydroxylation is 1. The quantitative estimate of drug-likeness (QED) is 0.441. The third kappa shape index (κ3) is 3.17. The Morgan fingerprint density at radius 2 is 1.85 bits per heavy atom. The van der Waals surface area contributed by atoms with Gasteiger partial charge < -0.3 is 14.2 Å². The van der Waals surface area contributed by atoms with Gasteiger partial charge in [0, 0.05) is 26.2 Å². The van der Waals surface area contributed by atoms with Crippen molar-refractivity contribution in [1.29, 1.82) is 0 Å². The Bertz CT molecular complexity index is 1290. The van der Waals surface area contributed by atoms with Crippen LogP contribution in [0.1, 0.15) is 30.7 Å². The number of hydrogen-bond donors (Lipinski definition) is 2. The fourth-order valence-electron chi connectivity index (χ4n) is 5.24. The number of nitrogens with one attached hydrogen (secondary N) is 2. The number of anilines is 1. The van der Waals surface area contributed by atoms with Crippen LogP contribution in [-0.2, 0) is 27.8 Å². The van der Waals surface area contributed by atoms with Crippen molar-refractivity contribution in [2.75, 3.05) is 11.4 Å². The van der Waals surface area contributed by atoms with Crippen LogP contribution in [0.15, 0.2) is 18.6 Å². The van der Waals surface area contributed by atoms with Crippen LogP contribution in [0.5, 0.6) is 0 Å². The molecule has 1 spiro atoms. The van der Waals surface area contributed by atoms with E-state index >= 15 is 8.78 Å². The van der Waals surface area contributed by atoms with Crippen molar-refractivity contribution in [2.45, 2.75) is 38.5 Å². The molecule has 1 aromatic carbocycles. The molecule has 2 aromatic rings. The van der Waals surface area contributed by atoms with Gasteiger partial charge in [0.2, 0.25) is 11.8 Å². The van der Waals surface area contributed by atoms with Gasteiger partial charge in [0.1, 0.15) is 5.69 Å². The first-order valence-corrected chi connectivity index (χ1v) is 10.7. The standard InChI is InChI=1S/C23H21F2N5O4/c1-11-8-30-18-14(6-13(16(24)17(18)25)4-5-15-9-29(3)10-26-15)7-23(19(30)12(2)34-11)20(31)27-22(33)28-21(23)32/h6,9-12,19H,7-8H2,1-3H3,(H2,27,28,31,32,33)/t11-,12+,19-/m0/s1. The number of barbiturate groups is 1. The molecule has 5 rings (SSSR count). The van der Waals surface area contributed by atoms with E-state index in [9.17, 15) is 14.4 Å². The molecule has 3 atom stereocenters. The number of urea groups is 1. The summed E-state index contributed by atoms with van der Waals surface area (Å²) in [4.78, 5) is 43.6. The monoisotopic (exact) mass is 469 g/mol. The second-order valence-corrected chi connectivity index (χ2v) is 8.87. The summed E-state index contributed by atoms with van der Waals surface area (Å²) in [6.45, 7) is 3.55. The van der Waals surface area contributed by atoms with Gasteiger partial charge in [-0.05, 0) is 31.4 Å². The molecule has 0 saturated carbocycles. The summed E-state index contributed by atoms with van der Waals surface area (Å²) in [6, 6.07) is -0.532. The molecule has 11 heteroatoms. The normalized spacial score (nSPS) is 25.1. The second kappa shape index (κ2) is 7.63. The number of imide groups is 2. The SMILES string of the molecule is C[C@H]1CN2c3c(cc(C#Cc4cn(C)cn4)c(F)c3F)CC3(C(=O)NC(=O)NC3=O)[C@@H]2[C@@H](C)O1. The highest BCUT2D eigenvalue weighted by Crippen LogP contribution is 2.48. The van der Waals surface area contributed by atoms with E-state index in [0.29, 0.717) is 5.69 Å². The van der Waals surface area contributed by atoms with Gasteiger partial charge in [0.15, 0.2) is 17.0 Å². The second-order valence-electron chi connectivity index (χ2n) is 8.87. The van der Waals surface area contributed by atoms with Crippen LogP contribution in [0, 0.1) is 28.9 Å². The molecule has 0 aliphatic carbocycles. The van der Waals surface area contributed by atoms with Crippen molar-refractivity contribution in [1.82, 2.24) is 20.2 Å². The number of fused-ring (bicyclic) bond motifs is 4. The number of benzene rings is 1.